The molecule has 0 saturated carbocycles. The van der Waals surface area contributed by atoms with Crippen LogP contribution in [0.25, 0.3) is 11.1 Å². The number of aliphatic carboxylic acids is 1. The number of carboxylic acids is 1. The lowest BCUT2D eigenvalue weighted by molar-refractivity contribution is -0.144. The maximum Gasteiger partial charge on any atom is 0.407 e. The van der Waals surface area contributed by atoms with Crippen molar-refractivity contribution in [2.24, 2.45) is 0 Å². The lowest BCUT2D eigenvalue weighted by Gasteiger charge is -2.25. The highest BCUT2D eigenvalue weighted by Crippen LogP contribution is 2.44. The number of nitrogens with one attached hydrogen (secondary N) is 2. The minimum atomic E-state index is -1.21. The van der Waals surface area contributed by atoms with Crippen molar-refractivity contribution in [1.29, 1.82) is 0 Å². The molecule has 0 saturated heterocycles. The van der Waals surface area contributed by atoms with E-state index in [1.807, 2.05) is 48.5 Å². The van der Waals surface area contributed by atoms with Gasteiger partial charge in [0.05, 0.1) is 12.9 Å². The molecule has 4 rings (SSSR count). The third kappa shape index (κ3) is 5.33. The molecular formula is C26H24N4O5. The maximum absolute atomic E-state index is 13.1. The van der Waals surface area contributed by atoms with Gasteiger partial charge in [0.1, 0.15) is 19.2 Å². The van der Waals surface area contributed by atoms with Crippen LogP contribution in [-0.4, -0.2) is 63.7 Å². The van der Waals surface area contributed by atoms with Gasteiger partial charge >= 0.3 is 12.1 Å². The largest absolute Gasteiger partial charge is 0.480 e. The molecule has 1 aliphatic carbocycles. The molecule has 3 N–H and O–H groups in total. The number of imidazole rings is 1. The van der Waals surface area contributed by atoms with Crippen LogP contribution in [0.3, 0.4) is 0 Å². The van der Waals surface area contributed by atoms with E-state index in [0.29, 0.717) is 5.69 Å². The number of hydrogen-bond donors (Lipinski definition) is 3. The molecule has 0 bridgehead atoms. The van der Waals surface area contributed by atoms with E-state index < -0.39 is 30.6 Å². The van der Waals surface area contributed by atoms with Gasteiger partial charge in [-0.3, -0.25) is 9.59 Å². The molecule has 2 aromatic carbocycles. The Labute approximate surface area is 202 Å². The molecule has 0 fully saturated rings. The summed E-state index contributed by atoms with van der Waals surface area (Å²) in [6.45, 7) is -0.722. The van der Waals surface area contributed by atoms with Gasteiger partial charge < -0.3 is 25.0 Å². The summed E-state index contributed by atoms with van der Waals surface area (Å²) >= 11 is 0. The molecule has 1 heterocycles. The Hall–Kier alpha value is -4.58. The number of aromatic nitrogens is 2. The first-order valence-electron chi connectivity index (χ1n) is 11.0. The topological polar surface area (TPSA) is 125 Å². The predicted molar refractivity (Wildman–Crippen MR) is 127 cm³/mol. The summed E-state index contributed by atoms with van der Waals surface area (Å²) in [5, 5.41) is 11.7. The number of hydrogen-bond acceptors (Lipinski definition) is 5. The zero-order valence-corrected chi connectivity index (χ0v) is 18.8. The van der Waals surface area contributed by atoms with Crippen molar-refractivity contribution in [3.05, 3.63) is 77.9 Å². The SMILES string of the molecule is C#CCN(CC(=O)O)C(=O)[C@@H](Cc1cnc[nH]1)NC(=O)OCC1c2ccccc2-c2ccccc21. The number of benzene rings is 2. The first kappa shape index (κ1) is 23.6. The molecule has 0 radical (unpaired) electrons. The van der Waals surface area contributed by atoms with Gasteiger partial charge in [0.2, 0.25) is 5.91 Å². The van der Waals surface area contributed by atoms with E-state index in [4.69, 9.17) is 16.3 Å². The average molecular weight is 473 g/mol. The van der Waals surface area contributed by atoms with Crippen molar-refractivity contribution in [1.82, 2.24) is 20.2 Å². The van der Waals surface area contributed by atoms with E-state index in [1.165, 1.54) is 12.5 Å². The Bertz CT molecular complexity index is 1220. The lowest BCUT2D eigenvalue weighted by Crippen LogP contribution is -2.51. The summed E-state index contributed by atoms with van der Waals surface area (Å²) < 4.78 is 5.56. The van der Waals surface area contributed by atoms with Crippen molar-refractivity contribution in [2.75, 3.05) is 19.7 Å². The van der Waals surface area contributed by atoms with Crippen LogP contribution in [-0.2, 0) is 20.7 Å². The number of carboxylic acid groups (broad SMARTS) is 1. The third-order valence-electron chi connectivity index (χ3n) is 5.83. The van der Waals surface area contributed by atoms with Crippen molar-refractivity contribution in [2.45, 2.75) is 18.4 Å². The molecule has 9 heteroatoms. The quantitative estimate of drug-likeness (QED) is 0.411. The van der Waals surface area contributed by atoms with E-state index in [9.17, 15) is 14.4 Å². The van der Waals surface area contributed by atoms with E-state index in [2.05, 4.69) is 21.2 Å². The zero-order chi connectivity index (χ0) is 24.8. The van der Waals surface area contributed by atoms with E-state index in [0.717, 1.165) is 27.2 Å². The number of carbonyl (C=O) groups is 3. The fourth-order valence-corrected chi connectivity index (χ4v) is 4.30. The number of ether oxygens (including phenoxy) is 1. The second-order valence-electron chi connectivity index (χ2n) is 8.10. The number of carbonyl (C=O) groups excluding carboxylic acids is 2. The van der Waals surface area contributed by atoms with E-state index >= 15 is 0 Å². The molecule has 9 nitrogen and oxygen atoms in total. The Kier molecular flexibility index (Phi) is 7.12. The van der Waals surface area contributed by atoms with Crippen LogP contribution in [0.4, 0.5) is 4.79 Å². The van der Waals surface area contributed by atoms with Crippen LogP contribution in [0.2, 0.25) is 0 Å². The molecule has 35 heavy (non-hydrogen) atoms. The molecule has 0 aliphatic heterocycles. The van der Waals surface area contributed by atoms with Crippen molar-refractivity contribution < 1.29 is 24.2 Å². The molecule has 1 aromatic heterocycles. The minimum Gasteiger partial charge on any atom is -0.480 e. The van der Waals surface area contributed by atoms with Gasteiger partial charge in [-0.15, -0.1) is 6.42 Å². The summed E-state index contributed by atoms with van der Waals surface area (Å²) in [6, 6.07) is 14.8. The fraction of sp³-hybridized carbons (Fsp3) is 0.231. The Morgan fingerprint density at radius 2 is 1.80 bits per heavy atom. The third-order valence-corrected chi connectivity index (χ3v) is 5.83. The van der Waals surface area contributed by atoms with E-state index in [-0.39, 0.29) is 25.5 Å². The van der Waals surface area contributed by atoms with Crippen LogP contribution in [0, 0.1) is 12.3 Å². The Morgan fingerprint density at radius 3 is 2.37 bits per heavy atom. The number of terminal acetylenes is 1. The van der Waals surface area contributed by atoms with Crippen LogP contribution >= 0.6 is 0 Å². The van der Waals surface area contributed by atoms with Crippen LogP contribution in [0.5, 0.6) is 0 Å². The number of alkyl carbamates (subject to hydrolysis) is 1. The summed E-state index contributed by atoms with van der Waals surface area (Å²) in [6.07, 6.45) is 7.54. The number of aromatic amines is 1. The molecule has 0 unspecified atom stereocenters. The second kappa shape index (κ2) is 10.6. The first-order chi connectivity index (χ1) is 17.0. The van der Waals surface area contributed by atoms with Crippen molar-refractivity contribution in [3.63, 3.8) is 0 Å². The number of rotatable bonds is 9. The average Bonchev–Trinajstić information content (AvgIpc) is 3.47. The van der Waals surface area contributed by atoms with Gasteiger partial charge in [-0.25, -0.2) is 9.78 Å². The summed E-state index contributed by atoms with van der Waals surface area (Å²) in [5.41, 5.74) is 4.91. The molecule has 178 valence electrons. The van der Waals surface area contributed by atoms with Gasteiger partial charge in [0.15, 0.2) is 0 Å². The Morgan fingerprint density at radius 1 is 1.14 bits per heavy atom. The van der Waals surface area contributed by atoms with Crippen LogP contribution in [0.15, 0.2) is 61.1 Å². The molecule has 1 aliphatic rings. The van der Waals surface area contributed by atoms with Gasteiger partial charge in [-0.2, -0.15) is 0 Å². The highest BCUT2D eigenvalue weighted by molar-refractivity contribution is 5.88. The van der Waals surface area contributed by atoms with Gasteiger partial charge in [-0.1, -0.05) is 54.5 Å². The summed E-state index contributed by atoms with van der Waals surface area (Å²) in [5.74, 6) is 0.297. The monoisotopic (exact) mass is 472 g/mol. The van der Waals surface area contributed by atoms with Crippen molar-refractivity contribution in [3.8, 4) is 23.5 Å². The molecule has 3 aromatic rings. The highest BCUT2D eigenvalue weighted by Gasteiger charge is 2.31. The first-order valence-corrected chi connectivity index (χ1v) is 11.0. The molecule has 2 amide bonds. The summed E-state index contributed by atoms with van der Waals surface area (Å²) in [4.78, 5) is 44.9. The predicted octanol–water partition coefficient (Wildman–Crippen LogP) is 2.41. The van der Waals surface area contributed by atoms with Crippen molar-refractivity contribution >= 4 is 18.0 Å². The smallest absolute Gasteiger partial charge is 0.407 e. The summed E-state index contributed by atoms with van der Waals surface area (Å²) in [7, 11) is 0. The Balaban J connectivity index is 1.48. The second-order valence-corrected chi connectivity index (χ2v) is 8.10. The van der Waals surface area contributed by atoms with Gasteiger partial charge in [-0.05, 0) is 22.3 Å². The maximum atomic E-state index is 13.1. The number of fused-ring (bicyclic) bond motifs is 3. The van der Waals surface area contributed by atoms with Crippen LogP contribution < -0.4 is 5.32 Å². The van der Waals surface area contributed by atoms with E-state index in [1.54, 1.807) is 0 Å². The fourth-order valence-electron chi connectivity index (χ4n) is 4.30. The lowest BCUT2D eigenvalue weighted by atomic mass is 9.98. The molecule has 0 spiro atoms. The number of H-pyrrole nitrogens is 1. The van der Waals surface area contributed by atoms with Gasteiger partial charge in [0, 0.05) is 24.2 Å². The van der Waals surface area contributed by atoms with Gasteiger partial charge in [0.25, 0.3) is 0 Å². The number of nitrogens with zero attached hydrogens (tertiary/aromatic N) is 2. The number of amides is 2. The minimum absolute atomic E-state index is 0.0592. The molecule has 1 atom stereocenters. The normalized spacial score (nSPS) is 12.7. The standard InChI is InChI=1S/C26H24N4O5/c1-2-11-30(14-24(31)32)25(33)23(12-17-13-27-16-28-17)29-26(34)35-15-22-20-9-5-3-7-18(20)19-8-4-6-10-21(19)22/h1,3-10,13,16,22-23H,11-12,14-15H2,(H,27,28)(H,29,34)(H,31,32)/t23-/m1/s1. The zero-order valence-electron chi connectivity index (χ0n) is 18.8. The van der Waals surface area contributed by atoms with Crippen LogP contribution in [0.1, 0.15) is 22.7 Å². The highest BCUT2D eigenvalue weighted by atomic mass is 16.5. The molecular weight excluding hydrogens is 448 g/mol.